The molecular formula is C9H11BO3. The van der Waals surface area contributed by atoms with Gasteiger partial charge < -0.3 is 14.8 Å². The van der Waals surface area contributed by atoms with Crippen molar-refractivity contribution in [3.8, 4) is 5.75 Å². The molecule has 0 bridgehead atoms. The first kappa shape index (κ1) is 9.83. The van der Waals surface area contributed by atoms with E-state index in [1.807, 2.05) is 0 Å². The first-order chi connectivity index (χ1) is 6.25. The molecule has 1 aromatic carbocycles. The summed E-state index contributed by atoms with van der Waals surface area (Å²) >= 11 is 0. The Kier molecular flexibility index (Phi) is 3.55. The van der Waals surface area contributed by atoms with Crippen molar-refractivity contribution in [3.05, 3.63) is 36.9 Å². The summed E-state index contributed by atoms with van der Waals surface area (Å²) in [5.74, 6) is 0.470. The van der Waals surface area contributed by atoms with Crippen molar-refractivity contribution in [2.45, 2.75) is 0 Å². The topological polar surface area (TPSA) is 49.7 Å². The summed E-state index contributed by atoms with van der Waals surface area (Å²) in [6.07, 6.45) is 1.60. The largest absolute Gasteiger partial charge is 0.492 e. The first-order valence-corrected chi connectivity index (χ1v) is 3.94. The molecule has 0 aromatic heterocycles. The summed E-state index contributed by atoms with van der Waals surface area (Å²) in [4.78, 5) is 0. The quantitative estimate of drug-likeness (QED) is 0.501. The van der Waals surface area contributed by atoms with E-state index in [1.54, 1.807) is 30.3 Å². The lowest BCUT2D eigenvalue weighted by molar-refractivity contribution is 0.361. The van der Waals surface area contributed by atoms with Gasteiger partial charge in [0.1, 0.15) is 12.4 Å². The first-order valence-electron chi connectivity index (χ1n) is 3.94. The Morgan fingerprint density at radius 3 is 2.69 bits per heavy atom. The Morgan fingerprint density at radius 2 is 2.08 bits per heavy atom. The van der Waals surface area contributed by atoms with Gasteiger partial charge in [-0.25, -0.2) is 0 Å². The van der Waals surface area contributed by atoms with Crippen molar-refractivity contribution < 1.29 is 14.8 Å². The molecule has 1 aromatic rings. The van der Waals surface area contributed by atoms with Crippen molar-refractivity contribution in [3.63, 3.8) is 0 Å². The van der Waals surface area contributed by atoms with E-state index >= 15 is 0 Å². The van der Waals surface area contributed by atoms with Crippen LogP contribution in [0.3, 0.4) is 0 Å². The molecule has 0 atom stereocenters. The van der Waals surface area contributed by atoms with E-state index < -0.39 is 7.12 Å². The summed E-state index contributed by atoms with van der Waals surface area (Å²) < 4.78 is 5.21. The summed E-state index contributed by atoms with van der Waals surface area (Å²) in [7, 11) is -1.50. The van der Waals surface area contributed by atoms with Gasteiger partial charge in [-0.1, -0.05) is 30.9 Å². The van der Waals surface area contributed by atoms with Gasteiger partial charge in [-0.3, -0.25) is 0 Å². The van der Waals surface area contributed by atoms with Crippen molar-refractivity contribution >= 4 is 12.6 Å². The number of rotatable bonds is 4. The lowest BCUT2D eigenvalue weighted by Crippen LogP contribution is -2.31. The van der Waals surface area contributed by atoms with E-state index in [9.17, 15) is 0 Å². The van der Waals surface area contributed by atoms with Gasteiger partial charge >= 0.3 is 7.12 Å². The molecule has 0 aliphatic carbocycles. The molecule has 0 saturated carbocycles. The van der Waals surface area contributed by atoms with E-state index in [0.717, 1.165) is 0 Å². The fourth-order valence-corrected chi connectivity index (χ4v) is 0.974. The van der Waals surface area contributed by atoms with E-state index in [2.05, 4.69) is 6.58 Å². The maximum atomic E-state index is 8.95. The minimum Gasteiger partial charge on any atom is -0.490 e. The number of para-hydroxylation sites is 1. The molecule has 1 rings (SSSR count). The lowest BCUT2D eigenvalue weighted by Gasteiger charge is -2.08. The van der Waals surface area contributed by atoms with Gasteiger partial charge in [0.15, 0.2) is 0 Å². The van der Waals surface area contributed by atoms with Crippen LogP contribution < -0.4 is 10.2 Å². The number of benzene rings is 1. The molecule has 0 aliphatic heterocycles. The molecule has 3 nitrogen and oxygen atoms in total. The molecule has 2 N–H and O–H groups in total. The van der Waals surface area contributed by atoms with E-state index in [0.29, 0.717) is 17.8 Å². The van der Waals surface area contributed by atoms with Crippen LogP contribution in [0.5, 0.6) is 5.75 Å². The van der Waals surface area contributed by atoms with Gasteiger partial charge in [0, 0.05) is 5.46 Å². The molecule has 13 heavy (non-hydrogen) atoms. The zero-order chi connectivity index (χ0) is 9.68. The number of hydrogen-bond acceptors (Lipinski definition) is 3. The Hall–Kier alpha value is -1.26. The van der Waals surface area contributed by atoms with Gasteiger partial charge in [0.2, 0.25) is 0 Å². The van der Waals surface area contributed by atoms with Crippen molar-refractivity contribution in [2.24, 2.45) is 0 Å². The average molecular weight is 178 g/mol. The van der Waals surface area contributed by atoms with Gasteiger partial charge in [-0.2, -0.15) is 0 Å². The second-order valence-corrected chi connectivity index (χ2v) is 2.51. The molecule has 0 amide bonds. The minimum atomic E-state index is -1.50. The third kappa shape index (κ3) is 2.61. The van der Waals surface area contributed by atoms with Crippen LogP contribution in [-0.2, 0) is 0 Å². The van der Waals surface area contributed by atoms with Crippen LogP contribution in [-0.4, -0.2) is 23.8 Å². The Labute approximate surface area is 77.4 Å². The molecule has 4 heteroatoms. The second-order valence-electron chi connectivity index (χ2n) is 2.51. The van der Waals surface area contributed by atoms with E-state index in [4.69, 9.17) is 14.8 Å². The Bertz CT molecular complexity index is 286. The normalized spacial score (nSPS) is 9.38. The molecule has 0 heterocycles. The summed E-state index contributed by atoms with van der Waals surface area (Å²) in [6, 6.07) is 6.77. The number of hydrogen-bond donors (Lipinski definition) is 2. The van der Waals surface area contributed by atoms with Crippen LogP contribution in [0.2, 0.25) is 0 Å². The highest BCUT2D eigenvalue weighted by Crippen LogP contribution is 2.06. The van der Waals surface area contributed by atoms with Gasteiger partial charge in [0.25, 0.3) is 0 Å². The summed E-state index contributed by atoms with van der Waals surface area (Å²) in [5.41, 5.74) is 0.365. The SMILES string of the molecule is C=CCOc1ccccc1B(O)O. The maximum absolute atomic E-state index is 8.95. The molecule has 0 spiro atoms. The summed E-state index contributed by atoms with van der Waals surface area (Å²) in [5, 5.41) is 17.9. The second kappa shape index (κ2) is 4.69. The third-order valence-corrected chi connectivity index (χ3v) is 1.55. The van der Waals surface area contributed by atoms with Crippen molar-refractivity contribution in [2.75, 3.05) is 6.61 Å². The summed E-state index contributed by atoms with van der Waals surface area (Å²) in [6.45, 7) is 3.85. The van der Waals surface area contributed by atoms with Crippen LogP contribution in [0, 0.1) is 0 Å². The van der Waals surface area contributed by atoms with Crippen LogP contribution in [0.25, 0.3) is 0 Å². The standard InChI is InChI=1S/C9H11BO3/c1-2-7-13-9-6-4-3-5-8(9)10(11)12/h2-6,11-12H,1,7H2. The molecule has 0 saturated heterocycles. The molecule has 0 unspecified atom stereocenters. The highest BCUT2D eigenvalue weighted by Gasteiger charge is 2.15. The van der Waals surface area contributed by atoms with Gasteiger partial charge in [-0.05, 0) is 6.07 Å². The van der Waals surface area contributed by atoms with Gasteiger partial charge in [0.05, 0.1) is 0 Å². The fraction of sp³-hybridized carbons (Fsp3) is 0.111. The molecule has 0 radical (unpaired) electrons. The monoisotopic (exact) mass is 178 g/mol. The smallest absolute Gasteiger partial charge is 0.490 e. The predicted molar refractivity (Wildman–Crippen MR) is 52.0 cm³/mol. The number of ether oxygens (including phenoxy) is 1. The average Bonchev–Trinajstić information content (AvgIpc) is 2.15. The van der Waals surface area contributed by atoms with Crippen molar-refractivity contribution in [1.29, 1.82) is 0 Å². The highest BCUT2D eigenvalue weighted by molar-refractivity contribution is 6.59. The van der Waals surface area contributed by atoms with Gasteiger partial charge in [-0.15, -0.1) is 0 Å². The zero-order valence-electron chi connectivity index (χ0n) is 7.18. The zero-order valence-corrected chi connectivity index (χ0v) is 7.18. The maximum Gasteiger partial charge on any atom is 0.492 e. The lowest BCUT2D eigenvalue weighted by atomic mass is 9.79. The van der Waals surface area contributed by atoms with E-state index in [-0.39, 0.29) is 0 Å². The third-order valence-electron chi connectivity index (χ3n) is 1.55. The van der Waals surface area contributed by atoms with Crippen LogP contribution in [0.15, 0.2) is 36.9 Å². The molecule has 68 valence electrons. The van der Waals surface area contributed by atoms with Crippen LogP contribution >= 0.6 is 0 Å². The van der Waals surface area contributed by atoms with Crippen molar-refractivity contribution in [1.82, 2.24) is 0 Å². The molecular weight excluding hydrogens is 167 g/mol. The van der Waals surface area contributed by atoms with Crippen LogP contribution in [0.4, 0.5) is 0 Å². The minimum absolute atomic E-state index is 0.351. The predicted octanol–water partition coefficient (Wildman–Crippen LogP) is -0.0688. The molecule has 0 aliphatic rings. The Balaban J connectivity index is 2.84. The van der Waals surface area contributed by atoms with E-state index in [1.165, 1.54) is 0 Å². The fourth-order valence-electron chi connectivity index (χ4n) is 0.974. The molecule has 0 fully saturated rings. The highest BCUT2D eigenvalue weighted by atomic mass is 16.5. The Morgan fingerprint density at radius 1 is 1.38 bits per heavy atom. The van der Waals surface area contributed by atoms with Crippen LogP contribution in [0.1, 0.15) is 0 Å².